The minimum atomic E-state index is -0.977. The third-order valence-corrected chi connectivity index (χ3v) is 7.79. The van der Waals surface area contributed by atoms with Crippen molar-refractivity contribution in [3.63, 3.8) is 0 Å². The van der Waals surface area contributed by atoms with Crippen molar-refractivity contribution in [2.45, 2.75) is 65.3 Å². The first-order valence-electron chi connectivity index (χ1n) is 16.1. The molecule has 0 spiro atoms. The zero-order chi connectivity index (χ0) is 36.0. The number of hydrogen-bond acceptors (Lipinski definition) is 6. The van der Waals surface area contributed by atoms with E-state index >= 15 is 0 Å². The summed E-state index contributed by atoms with van der Waals surface area (Å²) in [5.41, 5.74) is 3.18. The molecule has 9 nitrogen and oxygen atoms in total. The van der Waals surface area contributed by atoms with Crippen molar-refractivity contribution in [2.75, 3.05) is 0 Å². The highest BCUT2D eigenvalue weighted by molar-refractivity contribution is 5.95. The number of nitrogens with one attached hydrogen (secondary N) is 2. The second kappa shape index (κ2) is 15.2. The van der Waals surface area contributed by atoms with Gasteiger partial charge >= 0.3 is 12.1 Å². The van der Waals surface area contributed by atoms with Crippen LogP contribution in [0.5, 0.6) is 5.75 Å². The van der Waals surface area contributed by atoms with Crippen molar-refractivity contribution in [3.05, 3.63) is 125 Å². The standard InChI is InChI=1S/C39H38F2N2O7/c1-5-29(37(45)46)30-11-6-7-12-34(30)48-22-24-16-26-18-28(21-42-36(44)31-14-13-27(40)19-33(31)41)49-35(26)32(17-24)25-10-8-9-23(15-25)20-43-38(47)50-39(2,3)4/h6-19,29H,5,20-22H2,1-4H3,(H,42,44)(H,43,47)(H,45,46). The van der Waals surface area contributed by atoms with Crippen LogP contribution in [-0.2, 0) is 29.2 Å². The number of halogens is 2. The minimum absolute atomic E-state index is 0.0730. The second-order valence-electron chi connectivity index (χ2n) is 12.8. The van der Waals surface area contributed by atoms with Crippen LogP contribution in [0.15, 0.2) is 89.3 Å². The summed E-state index contributed by atoms with van der Waals surface area (Å²) >= 11 is 0. The first-order chi connectivity index (χ1) is 23.8. The molecule has 0 saturated heterocycles. The number of furan rings is 1. The first kappa shape index (κ1) is 35.6. The lowest BCUT2D eigenvalue weighted by molar-refractivity contribution is -0.138. The molecule has 0 saturated carbocycles. The van der Waals surface area contributed by atoms with Crippen LogP contribution < -0.4 is 15.4 Å². The molecule has 3 N–H and O–H groups in total. The van der Waals surface area contributed by atoms with E-state index in [2.05, 4.69) is 10.6 Å². The van der Waals surface area contributed by atoms with Gasteiger partial charge in [-0.1, -0.05) is 43.3 Å². The third kappa shape index (κ3) is 8.84. The topological polar surface area (TPSA) is 127 Å². The summed E-state index contributed by atoms with van der Waals surface area (Å²) in [7, 11) is 0. The van der Waals surface area contributed by atoms with Gasteiger partial charge in [-0.25, -0.2) is 13.6 Å². The van der Waals surface area contributed by atoms with Gasteiger partial charge in [-0.3, -0.25) is 9.59 Å². The van der Waals surface area contributed by atoms with Gasteiger partial charge in [0.1, 0.15) is 40.9 Å². The predicted octanol–water partition coefficient (Wildman–Crippen LogP) is 8.49. The van der Waals surface area contributed by atoms with Crippen molar-refractivity contribution in [1.82, 2.24) is 10.6 Å². The van der Waals surface area contributed by atoms with E-state index in [0.717, 1.165) is 28.8 Å². The lowest BCUT2D eigenvalue weighted by Gasteiger charge is -2.19. The van der Waals surface area contributed by atoms with E-state index in [1.54, 1.807) is 51.1 Å². The van der Waals surface area contributed by atoms with Gasteiger partial charge < -0.3 is 29.6 Å². The smallest absolute Gasteiger partial charge is 0.407 e. The Labute approximate surface area is 288 Å². The lowest BCUT2D eigenvalue weighted by Crippen LogP contribution is -2.32. The van der Waals surface area contributed by atoms with E-state index in [-0.39, 0.29) is 25.3 Å². The molecule has 4 aromatic carbocycles. The van der Waals surface area contributed by atoms with Gasteiger partial charge in [0.2, 0.25) is 0 Å². The van der Waals surface area contributed by atoms with Gasteiger partial charge in [-0.2, -0.15) is 0 Å². The van der Waals surface area contributed by atoms with Crippen molar-refractivity contribution in [1.29, 1.82) is 0 Å². The summed E-state index contributed by atoms with van der Waals surface area (Å²) in [6.45, 7) is 7.41. The van der Waals surface area contributed by atoms with Crippen LogP contribution in [0.4, 0.5) is 13.6 Å². The Kier molecular flexibility index (Phi) is 10.8. The highest BCUT2D eigenvalue weighted by atomic mass is 19.1. The third-order valence-electron chi connectivity index (χ3n) is 7.79. The van der Waals surface area contributed by atoms with E-state index < -0.39 is 41.1 Å². The normalized spacial score (nSPS) is 12.0. The molecule has 260 valence electrons. The Hall–Kier alpha value is -5.71. The van der Waals surface area contributed by atoms with Crippen molar-refractivity contribution in [3.8, 4) is 16.9 Å². The molecular weight excluding hydrogens is 646 g/mol. The van der Waals surface area contributed by atoms with Crippen molar-refractivity contribution < 1.29 is 42.2 Å². The van der Waals surface area contributed by atoms with Crippen LogP contribution in [0, 0.1) is 11.6 Å². The second-order valence-corrected chi connectivity index (χ2v) is 12.8. The number of benzene rings is 4. The largest absolute Gasteiger partial charge is 0.489 e. The highest BCUT2D eigenvalue weighted by Gasteiger charge is 2.22. The molecular formula is C39H38F2N2O7. The molecule has 0 aliphatic carbocycles. The molecule has 1 atom stereocenters. The number of rotatable bonds is 12. The maximum Gasteiger partial charge on any atom is 0.407 e. The molecule has 5 rings (SSSR count). The maximum absolute atomic E-state index is 14.2. The molecule has 1 heterocycles. The van der Waals surface area contributed by atoms with Gasteiger partial charge in [-0.15, -0.1) is 0 Å². The number of aliphatic carboxylic acids is 1. The average molecular weight is 685 g/mol. The predicted molar refractivity (Wildman–Crippen MR) is 184 cm³/mol. The summed E-state index contributed by atoms with van der Waals surface area (Å²) in [6.07, 6.45) is -0.149. The molecule has 0 fully saturated rings. The minimum Gasteiger partial charge on any atom is -0.489 e. The number of carboxylic acids is 1. The van der Waals surface area contributed by atoms with Crippen LogP contribution >= 0.6 is 0 Å². The molecule has 2 amide bonds. The van der Waals surface area contributed by atoms with Gasteiger partial charge in [-0.05, 0) is 86.3 Å². The molecule has 0 radical (unpaired) electrons. The van der Waals surface area contributed by atoms with Gasteiger partial charge in [0.15, 0.2) is 0 Å². The van der Waals surface area contributed by atoms with Gasteiger partial charge in [0, 0.05) is 29.1 Å². The molecule has 11 heteroatoms. The highest BCUT2D eigenvalue weighted by Crippen LogP contribution is 2.35. The van der Waals surface area contributed by atoms with Gasteiger partial charge in [0.05, 0.1) is 18.0 Å². The van der Waals surface area contributed by atoms with E-state index in [4.69, 9.17) is 13.9 Å². The Bertz CT molecular complexity index is 2030. The summed E-state index contributed by atoms with van der Waals surface area (Å²) in [5.74, 6) is -3.31. The summed E-state index contributed by atoms with van der Waals surface area (Å²) < 4.78 is 45.4. The molecule has 1 unspecified atom stereocenters. The van der Waals surface area contributed by atoms with E-state index in [0.29, 0.717) is 46.1 Å². The number of carbonyl (C=O) groups excluding carboxylic acids is 2. The molecule has 50 heavy (non-hydrogen) atoms. The maximum atomic E-state index is 14.2. The molecule has 5 aromatic rings. The van der Waals surface area contributed by atoms with Crippen LogP contribution in [-0.4, -0.2) is 28.7 Å². The fourth-order valence-corrected chi connectivity index (χ4v) is 5.52. The fraction of sp³-hybridized carbons (Fsp3) is 0.256. The Balaban J connectivity index is 1.46. The van der Waals surface area contributed by atoms with E-state index in [1.165, 1.54) is 0 Å². The number of alkyl carbamates (subject to hydrolysis) is 1. The number of carbonyl (C=O) groups is 3. The number of carboxylic acid groups (broad SMARTS) is 1. The fourth-order valence-electron chi connectivity index (χ4n) is 5.52. The summed E-state index contributed by atoms with van der Waals surface area (Å²) in [6, 6.07) is 22.8. The van der Waals surface area contributed by atoms with Gasteiger partial charge in [0.25, 0.3) is 5.91 Å². The van der Waals surface area contributed by atoms with Crippen LogP contribution in [0.2, 0.25) is 0 Å². The van der Waals surface area contributed by atoms with Crippen LogP contribution in [0.3, 0.4) is 0 Å². The molecule has 0 aliphatic heterocycles. The Morgan fingerprint density at radius 2 is 1.66 bits per heavy atom. The lowest BCUT2D eigenvalue weighted by atomic mass is 9.96. The number of fused-ring (bicyclic) bond motifs is 1. The van der Waals surface area contributed by atoms with Crippen molar-refractivity contribution >= 4 is 28.9 Å². The quantitative estimate of drug-likeness (QED) is 0.120. The number of ether oxygens (including phenoxy) is 2. The zero-order valence-electron chi connectivity index (χ0n) is 28.1. The average Bonchev–Trinajstić information content (AvgIpc) is 3.48. The SMILES string of the molecule is CCC(C(=O)O)c1ccccc1OCc1cc(-c2cccc(CNC(=O)OC(C)(C)C)c2)c2oc(CNC(=O)c3ccc(F)cc3F)cc2c1. The van der Waals surface area contributed by atoms with Crippen molar-refractivity contribution in [2.24, 2.45) is 0 Å². The number of hydrogen-bond donors (Lipinski definition) is 3. The first-order valence-corrected chi connectivity index (χ1v) is 16.1. The Morgan fingerprint density at radius 3 is 2.38 bits per heavy atom. The summed E-state index contributed by atoms with van der Waals surface area (Å²) in [4.78, 5) is 36.9. The number of para-hydroxylation sites is 1. The van der Waals surface area contributed by atoms with Crippen LogP contribution in [0.25, 0.3) is 22.1 Å². The Morgan fingerprint density at radius 1 is 0.880 bits per heavy atom. The van der Waals surface area contributed by atoms with Crippen LogP contribution in [0.1, 0.15) is 72.8 Å². The zero-order valence-corrected chi connectivity index (χ0v) is 28.1. The monoisotopic (exact) mass is 684 g/mol. The molecule has 1 aromatic heterocycles. The van der Waals surface area contributed by atoms with E-state index in [9.17, 15) is 28.3 Å². The molecule has 0 aliphatic rings. The molecule has 0 bridgehead atoms. The summed E-state index contributed by atoms with van der Waals surface area (Å²) in [5, 5.41) is 15.9. The van der Waals surface area contributed by atoms with E-state index in [1.807, 2.05) is 43.3 Å². The number of amides is 2.